The molecule has 1 heterocycles. The molecule has 1 aliphatic carbocycles. The average molecular weight is 288 g/mol. The maximum absolute atomic E-state index is 13.5. The van der Waals surface area contributed by atoms with Crippen LogP contribution in [-0.2, 0) is 28.9 Å². The Hall–Kier alpha value is -1.99. The van der Waals surface area contributed by atoms with Gasteiger partial charge in [0.15, 0.2) is 5.69 Å². The second-order valence-electron chi connectivity index (χ2n) is 4.58. The summed E-state index contributed by atoms with van der Waals surface area (Å²) in [6.45, 7) is 1.22. The number of carboxylic acids is 1. The number of aliphatic carboxylic acids is 1. The van der Waals surface area contributed by atoms with Gasteiger partial charge in [-0.25, -0.2) is 13.6 Å². The SMILES string of the molecule is CCOC(=O)c1nn(CC(=O)O)c2c1CC(F)(F)CC2. The van der Waals surface area contributed by atoms with Gasteiger partial charge in [0.05, 0.1) is 6.61 Å². The molecule has 0 saturated carbocycles. The molecule has 6 nitrogen and oxygen atoms in total. The monoisotopic (exact) mass is 288 g/mol. The van der Waals surface area contributed by atoms with Crippen LogP contribution in [0.5, 0.6) is 0 Å². The second kappa shape index (κ2) is 5.18. The maximum atomic E-state index is 13.5. The molecule has 0 saturated heterocycles. The van der Waals surface area contributed by atoms with Crippen molar-refractivity contribution in [2.75, 3.05) is 6.61 Å². The quantitative estimate of drug-likeness (QED) is 0.844. The van der Waals surface area contributed by atoms with Crippen molar-refractivity contribution in [3.8, 4) is 0 Å². The molecule has 0 unspecified atom stereocenters. The van der Waals surface area contributed by atoms with Gasteiger partial charge in [-0.15, -0.1) is 0 Å². The Bertz CT molecular complexity index is 554. The van der Waals surface area contributed by atoms with Crippen molar-refractivity contribution in [1.82, 2.24) is 9.78 Å². The highest BCUT2D eigenvalue weighted by Crippen LogP contribution is 2.34. The molecule has 0 fully saturated rings. The summed E-state index contributed by atoms with van der Waals surface area (Å²) >= 11 is 0. The molecule has 0 atom stereocenters. The molecule has 1 aromatic heterocycles. The van der Waals surface area contributed by atoms with Crippen molar-refractivity contribution in [3.05, 3.63) is 17.0 Å². The lowest BCUT2D eigenvalue weighted by atomic mass is 9.92. The lowest BCUT2D eigenvalue weighted by Gasteiger charge is -2.22. The lowest BCUT2D eigenvalue weighted by Crippen LogP contribution is -2.28. The van der Waals surface area contributed by atoms with E-state index in [9.17, 15) is 18.4 Å². The summed E-state index contributed by atoms with van der Waals surface area (Å²) in [5.74, 6) is -4.86. The molecule has 0 amide bonds. The summed E-state index contributed by atoms with van der Waals surface area (Å²) < 4.78 is 32.8. The molecule has 0 bridgehead atoms. The van der Waals surface area contributed by atoms with Crippen molar-refractivity contribution in [1.29, 1.82) is 0 Å². The molecule has 2 rings (SSSR count). The molecular formula is C12H14F2N2O4. The fourth-order valence-electron chi connectivity index (χ4n) is 2.27. The van der Waals surface area contributed by atoms with Gasteiger partial charge in [-0.1, -0.05) is 0 Å². The van der Waals surface area contributed by atoms with Gasteiger partial charge in [0.2, 0.25) is 0 Å². The third kappa shape index (κ3) is 2.78. The summed E-state index contributed by atoms with van der Waals surface area (Å²) in [4.78, 5) is 22.5. The summed E-state index contributed by atoms with van der Waals surface area (Å²) in [5.41, 5.74) is 0.268. The van der Waals surface area contributed by atoms with Crippen LogP contribution in [0.4, 0.5) is 8.78 Å². The molecule has 0 aliphatic heterocycles. The number of alkyl halides is 2. The highest BCUT2D eigenvalue weighted by atomic mass is 19.3. The van der Waals surface area contributed by atoms with E-state index in [1.54, 1.807) is 6.92 Å². The molecule has 110 valence electrons. The first-order valence-electron chi connectivity index (χ1n) is 6.19. The van der Waals surface area contributed by atoms with Gasteiger partial charge in [-0.05, 0) is 13.3 Å². The van der Waals surface area contributed by atoms with Crippen LogP contribution < -0.4 is 0 Å². The van der Waals surface area contributed by atoms with E-state index in [-0.39, 0.29) is 30.7 Å². The zero-order chi connectivity index (χ0) is 14.9. The second-order valence-corrected chi connectivity index (χ2v) is 4.58. The normalized spacial score (nSPS) is 16.6. The standard InChI is InChI=1S/C12H14F2N2O4/c1-2-20-11(19)10-7-5-12(13,14)4-3-8(7)16(15-10)6-9(17)18/h2-6H2,1H3,(H,17,18). The fraction of sp³-hybridized carbons (Fsp3) is 0.583. The Balaban J connectivity index is 2.44. The molecule has 1 aliphatic rings. The highest BCUT2D eigenvalue weighted by Gasteiger charge is 2.39. The summed E-state index contributed by atoms with van der Waals surface area (Å²) in [6.07, 6.45) is -1.01. The minimum Gasteiger partial charge on any atom is -0.480 e. The molecular weight excluding hydrogens is 274 g/mol. The van der Waals surface area contributed by atoms with Gasteiger partial charge in [0, 0.05) is 24.1 Å². The van der Waals surface area contributed by atoms with Gasteiger partial charge in [-0.3, -0.25) is 9.48 Å². The lowest BCUT2D eigenvalue weighted by molar-refractivity contribution is -0.137. The molecule has 0 spiro atoms. The van der Waals surface area contributed by atoms with E-state index in [0.717, 1.165) is 4.68 Å². The van der Waals surface area contributed by atoms with Gasteiger partial charge in [0.1, 0.15) is 6.54 Å². The number of carbonyl (C=O) groups excluding carboxylic acids is 1. The van der Waals surface area contributed by atoms with Crippen molar-refractivity contribution in [2.45, 2.75) is 38.7 Å². The number of carbonyl (C=O) groups is 2. The molecule has 1 N–H and O–H groups in total. The van der Waals surface area contributed by atoms with Crippen LogP contribution in [0.2, 0.25) is 0 Å². The molecule has 0 aromatic carbocycles. The molecule has 0 radical (unpaired) electrons. The summed E-state index contributed by atoms with van der Waals surface area (Å²) in [6, 6.07) is 0. The van der Waals surface area contributed by atoms with Crippen LogP contribution in [-0.4, -0.2) is 39.4 Å². The third-order valence-corrected chi connectivity index (χ3v) is 3.08. The number of hydrogen-bond donors (Lipinski definition) is 1. The Morgan fingerprint density at radius 2 is 2.20 bits per heavy atom. The van der Waals surface area contributed by atoms with Crippen LogP contribution in [0.3, 0.4) is 0 Å². The highest BCUT2D eigenvalue weighted by molar-refractivity contribution is 5.89. The number of aromatic nitrogens is 2. The first-order chi connectivity index (χ1) is 9.34. The van der Waals surface area contributed by atoms with Crippen LogP contribution in [0, 0.1) is 0 Å². The van der Waals surface area contributed by atoms with Crippen LogP contribution in [0.25, 0.3) is 0 Å². The smallest absolute Gasteiger partial charge is 0.359 e. The Kier molecular flexibility index (Phi) is 3.74. The Labute approximate surface area is 113 Å². The topological polar surface area (TPSA) is 81.4 Å². The number of fused-ring (bicyclic) bond motifs is 1. The van der Waals surface area contributed by atoms with Gasteiger partial charge < -0.3 is 9.84 Å². The Morgan fingerprint density at radius 3 is 2.80 bits per heavy atom. The van der Waals surface area contributed by atoms with Crippen molar-refractivity contribution in [2.24, 2.45) is 0 Å². The predicted molar refractivity (Wildman–Crippen MR) is 62.8 cm³/mol. The fourth-order valence-corrected chi connectivity index (χ4v) is 2.27. The van der Waals surface area contributed by atoms with Gasteiger partial charge in [0.25, 0.3) is 5.92 Å². The Morgan fingerprint density at radius 1 is 1.50 bits per heavy atom. The minimum absolute atomic E-state index is 0.0119. The first kappa shape index (κ1) is 14.4. The summed E-state index contributed by atoms with van der Waals surface area (Å²) in [5, 5.41) is 12.6. The van der Waals surface area contributed by atoms with E-state index in [2.05, 4.69) is 5.10 Å². The molecule has 1 aromatic rings. The zero-order valence-corrected chi connectivity index (χ0v) is 10.9. The van der Waals surface area contributed by atoms with Crippen LogP contribution in [0.1, 0.15) is 35.1 Å². The van der Waals surface area contributed by atoms with Crippen LogP contribution in [0.15, 0.2) is 0 Å². The van der Waals surface area contributed by atoms with Crippen molar-refractivity contribution < 1.29 is 28.2 Å². The number of rotatable bonds is 4. The third-order valence-electron chi connectivity index (χ3n) is 3.08. The molecule has 8 heteroatoms. The van der Waals surface area contributed by atoms with E-state index in [4.69, 9.17) is 9.84 Å². The maximum Gasteiger partial charge on any atom is 0.359 e. The largest absolute Gasteiger partial charge is 0.480 e. The van der Waals surface area contributed by atoms with E-state index in [1.165, 1.54) is 0 Å². The van der Waals surface area contributed by atoms with E-state index >= 15 is 0 Å². The molecule has 20 heavy (non-hydrogen) atoms. The average Bonchev–Trinajstić information content (AvgIpc) is 2.65. The van der Waals surface area contributed by atoms with Gasteiger partial charge in [-0.2, -0.15) is 5.10 Å². The predicted octanol–water partition coefficient (Wildman–Crippen LogP) is 1.27. The number of ether oxygens (including phenoxy) is 1. The number of nitrogens with zero attached hydrogens (tertiary/aromatic N) is 2. The summed E-state index contributed by atoms with van der Waals surface area (Å²) in [7, 11) is 0. The van der Waals surface area contributed by atoms with Crippen molar-refractivity contribution >= 4 is 11.9 Å². The van der Waals surface area contributed by atoms with E-state index in [0.29, 0.717) is 5.69 Å². The number of hydrogen-bond acceptors (Lipinski definition) is 4. The van der Waals surface area contributed by atoms with Crippen LogP contribution >= 0.6 is 0 Å². The minimum atomic E-state index is -2.91. The van der Waals surface area contributed by atoms with Crippen molar-refractivity contribution in [3.63, 3.8) is 0 Å². The first-order valence-corrected chi connectivity index (χ1v) is 6.19. The van der Waals surface area contributed by atoms with E-state index < -0.39 is 30.8 Å². The number of esters is 1. The number of halogens is 2. The van der Waals surface area contributed by atoms with E-state index in [1.807, 2.05) is 0 Å². The number of carboxylic acid groups (broad SMARTS) is 1. The van der Waals surface area contributed by atoms with Gasteiger partial charge >= 0.3 is 11.9 Å². The zero-order valence-electron chi connectivity index (χ0n) is 10.9.